The number of hydrogen-bond donors (Lipinski definition) is 2. The average molecular weight is 458 g/mol. The van der Waals surface area contributed by atoms with Crippen LogP contribution in [0.25, 0.3) is 0 Å². The number of rotatable bonds is 7. The van der Waals surface area contributed by atoms with Crippen molar-refractivity contribution < 1.29 is 13.2 Å². The minimum atomic E-state index is -3.88. The number of nitrogens with one attached hydrogen (secondary N) is 2. The molecule has 3 aromatic carbocycles. The summed E-state index contributed by atoms with van der Waals surface area (Å²) < 4.78 is 28.1. The molecule has 0 aliphatic rings. The third-order valence-electron chi connectivity index (χ3n) is 4.67. The van der Waals surface area contributed by atoms with Crippen LogP contribution in [-0.2, 0) is 16.6 Å². The smallest absolute Gasteiger partial charge is 0.261 e. The van der Waals surface area contributed by atoms with E-state index in [0.717, 1.165) is 16.8 Å². The van der Waals surface area contributed by atoms with Gasteiger partial charge in [0, 0.05) is 32.0 Å². The fourth-order valence-corrected chi connectivity index (χ4v) is 4.24. The lowest BCUT2D eigenvalue weighted by Crippen LogP contribution is -2.24. The molecule has 0 saturated heterocycles. The molecule has 3 rings (SSSR count). The van der Waals surface area contributed by atoms with Crippen LogP contribution in [0.2, 0.25) is 5.02 Å². The standard InChI is InChI=1S/C23H24ClN3O3S/c1-16-5-4-6-18(13-16)26-31(29,30)20-11-12-22(24)21(14-20)23(28)25-15-17-7-9-19(10-8-17)27(2)3/h4-14,26H,15H2,1-3H3,(H,25,28). The van der Waals surface area contributed by atoms with Gasteiger partial charge in [0.1, 0.15) is 0 Å². The first-order valence-corrected chi connectivity index (χ1v) is 11.5. The first-order valence-electron chi connectivity index (χ1n) is 9.59. The Labute approximate surface area is 187 Å². The minimum Gasteiger partial charge on any atom is -0.378 e. The number of hydrogen-bond acceptors (Lipinski definition) is 4. The molecule has 8 heteroatoms. The number of carbonyl (C=O) groups is 1. The van der Waals surface area contributed by atoms with Crippen molar-refractivity contribution in [2.24, 2.45) is 0 Å². The monoisotopic (exact) mass is 457 g/mol. The highest BCUT2D eigenvalue weighted by Crippen LogP contribution is 2.23. The van der Waals surface area contributed by atoms with E-state index in [9.17, 15) is 13.2 Å². The summed E-state index contributed by atoms with van der Waals surface area (Å²) in [6, 6.07) is 18.8. The fourth-order valence-electron chi connectivity index (χ4n) is 2.96. The topological polar surface area (TPSA) is 78.5 Å². The SMILES string of the molecule is Cc1cccc(NS(=O)(=O)c2ccc(Cl)c(C(=O)NCc3ccc(N(C)C)cc3)c2)c1. The summed E-state index contributed by atoms with van der Waals surface area (Å²) in [7, 11) is 0.0278. The number of sulfonamides is 1. The van der Waals surface area contributed by atoms with Crippen LogP contribution in [0, 0.1) is 6.92 Å². The molecule has 0 heterocycles. The molecule has 0 atom stereocenters. The molecule has 2 N–H and O–H groups in total. The highest BCUT2D eigenvalue weighted by molar-refractivity contribution is 7.92. The predicted octanol–water partition coefficient (Wildman–Crippen LogP) is 4.45. The van der Waals surface area contributed by atoms with Crippen molar-refractivity contribution in [1.82, 2.24) is 5.32 Å². The van der Waals surface area contributed by atoms with Crippen LogP contribution in [0.3, 0.4) is 0 Å². The molecule has 0 fully saturated rings. The van der Waals surface area contributed by atoms with E-state index in [4.69, 9.17) is 11.6 Å². The number of anilines is 2. The van der Waals surface area contributed by atoms with Gasteiger partial charge in [0.25, 0.3) is 15.9 Å². The molecule has 31 heavy (non-hydrogen) atoms. The molecule has 0 aliphatic carbocycles. The van der Waals surface area contributed by atoms with Gasteiger partial charge in [-0.25, -0.2) is 8.42 Å². The molecule has 3 aromatic rings. The van der Waals surface area contributed by atoms with Crippen molar-refractivity contribution in [2.75, 3.05) is 23.7 Å². The van der Waals surface area contributed by atoms with Crippen LogP contribution in [0.4, 0.5) is 11.4 Å². The van der Waals surface area contributed by atoms with Gasteiger partial charge < -0.3 is 10.2 Å². The third kappa shape index (κ3) is 5.77. The molecule has 0 unspecified atom stereocenters. The Hall–Kier alpha value is -3.03. The number of halogens is 1. The quantitative estimate of drug-likeness (QED) is 0.549. The molecule has 0 spiro atoms. The minimum absolute atomic E-state index is 0.0427. The van der Waals surface area contributed by atoms with Crippen molar-refractivity contribution in [1.29, 1.82) is 0 Å². The van der Waals surface area contributed by atoms with Gasteiger partial charge in [-0.2, -0.15) is 0 Å². The van der Waals surface area contributed by atoms with Gasteiger partial charge in [0.05, 0.1) is 15.5 Å². The normalized spacial score (nSPS) is 11.1. The summed E-state index contributed by atoms with van der Waals surface area (Å²) in [5, 5.41) is 2.96. The second-order valence-corrected chi connectivity index (χ2v) is 9.45. The van der Waals surface area contributed by atoms with Gasteiger partial charge in [0.15, 0.2) is 0 Å². The first kappa shape index (κ1) is 22.7. The summed E-state index contributed by atoms with van der Waals surface area (Å²) >= 11 is 6.18. The van der Waals surface area contributed by atoms with E-state index < -0.39 is 15.9 Å². The van der Waals surface area contributed by atoms with Crippen LogP contribution in [0.15, 0.2) is 71.6 Å². The van der Waals surface area contributed by atoms with Gasteiger partial charge >= 0.3 is 0 Å². The van der Waals surface area contributed by atoms with E-state index in [2.05, 4.69) is 10.0 Å². The van der Waals surface area contributed by atoms with Gasteiger partial charge in [0.2, 0.25) is 0 Å². The summed E-state index contributed by atoms with van der Waals surface area (Å²) in [4.78, 5) is 14.6. The lowest BCUT2D eigenvalue weighted by atomic mass is 10.1. The molecule has 0 saturated carbocycles. The third-order valence-corrected chi connectivity index (χ3v) is 6.38. The Balaban J connectivity index is 1.75. The van der Waals surface area contributed by atoms with E-state index >= 15 is 0 Å². The number of carbonyl (C=O) groups excluding carboxylic acids is 1. The zero-order chi connectivity index (χ0) is 22.6. The Kier molecular flexibility index (Phi) is 6.87. The molecule has 0 aliphatic heterocycles. The lowest BCUT2D eigenvalue weighted by Gasteiger charge is -2.13. The first-order chi connectivity index (χ1) is 14.7. The molecular formula is C23H24ClN3O3S. The number of nitrogens with zero attached hydrogens (tertiary/aromatic N) is 1. The second-order valence-electron chi connectivity index (χ2n) is 7.36. The summed E-state index contributed by atoms with van der Waals surface area (Å²) in [6.45, 7) is 2.16. The van der Waals surface area contributed by atoms with E-state index in [1.807, 2.05) is 56.3 Å². The van der Waals surface area contributed by atoms with Gasteiger partial charge in [-0.15, -0.1) is 0 Å². The fraction of sp³-hybridized carbons (Fsp3) is 0.174. The molecular weight excluding hydrogens is 434 g/mol. The van der Waals surface area contributed by atoms with Crippen LogP contribution in [-0.4, -0.2) is 28.4 Å². The predicted molar refractivity (Wildman–Crippen MR) is 125 cm³/mol. The van der Waals surface area contributed by atoms with E-state index in [1.54, 1.807) is 18.2 Å². The maximum atomic E-state index is 12.8. The van der Waals surface area contributed by atoms with Crippen molar-refractivity contribution >= 4 is 38.9 Å². The summed E-state index contributed by atoms with van der Waals surface area (Å²) in [5.41, 5.74) is 3.44. The number of amides is 1. The Morgan fingerprint density at radius 2 is 1.71 bits per heavy atom. The van der Waals surface area contributed by atoms with Crippen LogP contribution >= 0.6 is 11.6 Å². The van der Waals surface area contributed by atoms with Crippen LogP contribution < -0.4 is 14.9 Å². The van der Waals surface area contributed by atoms with Gasteiger partial charge in [-0.3, -0.25) is 9.52 Å². The number of aryl methyl sites for hydroxylation is 1. The van der Waals surface area contributed by atoms with Crippen molar-refractivity contribution in [3.05, 3.63) is 88.4 Å². The maximum absolute atomic E-state index is 12.8. The van der Waals surface area contributed by atoms with Gasteiger partial charge in [-0.05, 0) is 60.5 Å². The lowest BCUT2D eigenvalue weighted by molar-refractivity contribution is 0.0951. The zero-order valence-electron chi connectivity index (χ0n) is 17.5. The zero-order valence-corrected chi connectivity index (χ0v) is 19.1. The average Bonchev–Trinajstić information content (AvgIpc) is 2.72. The van der Waals surface area contributed by atoms with Crippen molar-refractivity contribution in [3.8, 4) is 0 Å². The highest BCUT2D eigenvalue weighted by atomic mass is 35.5. The Bertz CT molecular complexity index is 1190. The number of benzene rings is 3. The molecule has 0 aromatic heterocycles. The molecule has 162 valence electrons. The molecule has 6 nitrogen and oxygen atoms in total. The van der Waals surface area contributed by atoms with E-state index in [-0.39, 0.29) is 15.5 Å². The molecule has 0 bridgehead atoms. The Morgan fingerprint density at radius 1 is 1.00 bits per heavy atom. The van der Waals surface area contributed by atoms with E-state index in [1.165, 1.54) is 18.2 Å². The van der Waals surface area contributed by atoms with Crippen molar-refractivity contribution in [3.63, 3.8) is 0 Å². The Morgan fingerprint density at radius 3 is 2.35 bits per heavy atom. The van der Waals surface area contributed by atoms with Crippen LogP contribution in [0.5, 0.6) is 0 Å². The highest BCUT2D eigenvalue weighted by Gasteiger charge is 2.19. The largest absolute Gasteiger partial charge is 0.378 e. The van der Waals surface area contributed by atoms with E-state index in [0.29, 0.717) is 12.2 Å². The van der Waals surface area contributed by atoms with Crippen LogP contribution in [0.1, 0.15) is 21.5 Å². The maximum Gasteiger partial charge on any atom is 0.261 e. The van der Waals surface area contributed by atoms with Crippen molar-refractivity contribution in [2.45, 2.75) is 18.4 Å². The molecule has 1 amide bonds. The van der Waals surface area contributed by atoms with Gasteiger partial charge in [-0.1, -0.05) is 35.9 Å². The molecule has 0 radical (unpaired) electrons. The summed E-state index contributed by atoms with van der Waals surface area (Å²) in [5.74, 6) is -0.450. The second kappa shape index (κ2) is 9.41. The summed E-state index contributed by atoms with van der Waals surface area (Å²) in [6.07, 6.45) is 0.